The summed E-state index contributed by atoms with van der Waals surface area (Å²) < 4.78 is 0.915. The summed E-state index contributed by atoms with van der Waals surface area (Å²) in [7, 11) is 2.12. The number of aromatic hydroxyl groups is 1. The van der Waals surface area contributed by atoms with Gasteiger partial charge < -0.3 is 14.9 Å². The summed E-state index contributed by atoms with van der Waals surface area (Å²) in [5.41, 5.74) is 0.936. The summed E-state index contributed by atoms with van der Waals surface area (Å²) >= 11 is 3.34. The largest absolute Gasteiger partial charge is 0.506 e. The van der Waals surface area contributed by atoms with Gasteiger partial charge in [-0.1, -0.05) is 15.9 Å². The van der Waals surface area contributed by atoms with E-state index in [1.165, 1.54) is 0 Å². The number of benzene rings is 1. The smallest absolute Gasteiger partial charge is 0.140 e. The minimum atomic E-state index is 0.355. The molecule has 15 heavy (non-hydrogen) atoms. The molecule has 1 aromatic rings. The van der Waals surface area contributed by atoms with Gasteiger partial charge in [-0.25, -0.2) is 0 Å². The normalized spacial score (nSPS) is 18.1. The molecule has 1 aromatic carbocycles. The highest BCUT2D eigenvalue weighted by molar-refractivity contribution is 9.10. The van der Waals surface area contributed by atoms with Crippen molar-refractivity contribution in [3.05, 3.63) is 22.7 Å². The molecule has 4 heteroatoms. The maximum atomic E-state index is 9.82. The molecular weight excluding hydrogens is 256 g/mol. The topological polar surface area (TPSA) is 26.7 Å². The average Bonchev–Trinajstić information content (AvgIpc) is 2.20. The molecule has 82 valence electrons. The molecule has 1 aliphatic rings. The van der Waals surface area contributed by atoms with Crippen molar-refractivity contribution in [2.45, 2.75) is 0 Å². The number of hydrogen-bond acceptors (Lipinski definition) is 3. The van der Waals surface area contributed by atoms with Crippen LogP contribution in [0.25, 0.3) is 0 Å². The molecule has 0 saturated carbocycles. The van der Waals surface area contributed by atoms with Gasteiger partial charge in [-0.05, 0) is 25.2 Å². The predicted molar refractivity (Wildman–Crippen MR) is 65.5 cm³/mol. The lowest BCUT2D eigenvalue weighted by atomic mass is 10.2. The van der Waals surface area contributed by atoms with Gasteiger partial charge in [0.25, 0.3) is 0 Å². The first-order valence-corrected chi connectivity index (χ1v) is 5.88. The van der Waals surface area contributed by atoms with E-state index in [0.717, 1.165) is 36.3 Å². The van der Waals surface area contributed by atoms with Crippen molar-refractivity contribution in [1.29, 1.82) is 0 Å². The first-order valence-electron chi connectivity index (χ1n) is 5.09. The van der Waals surface area contributed by atoms with Crippen LogP contribution in [-0.4, -0.2) is 43.2 Å². The van der Waals surface area contributed by atoms with Crippen LogP contribution in [-0.2, 0) is 0 Å². The van der Waals surface area contributed by atoms with E-state index in [-0.39, 0.29) is 0 Å². The van der Waals surface area contributed by atoms with E-state index < -0.39 is 0 Å². The molecule has 0 aliphatic carbocycles. The van der Waals surface area contributed by atoms with Crippen molar-refractivity contribution in [2.24, 2.45) is 0 Å². The van der Waals surface area contributed by atoms with E-state index in [1.807, 2.05) is 12.1 Å². The zero-order valence-electron chi connectivity index (χ0n) is 8.78. The Morgan fingerprint density at radius 1 is 1.20 bits per heavy atom. The van der Waals surface area contributed by atoms with Crippen molar-refractivity contribution in [2.75, 3.05) is 38.1 Å². The molecule has 1 saturated heterocycles. The Kier molecular flexibility index (Phi) is 3.17. The van der Waals surface area contributed by atoms with Crippen molar-refractivity contribution < 1.29 is 5.11 Å². The molecule has 0 bridgehead atoms. The van der Waals surface area contributed by atoms with Crippen LogP contribution in [0.5, 0.6) is 5.75 Å². The fourth-order valence-corrected chi connectivity index (χ4v) is 2.16. The van der Waals surface area contributed by atoms with Crippen LogP contribution < -0.4 is 4.90 Å². The fourth-order valence-electron chi connectivity index (χ4n) is 1.81. The van der Waals surface area contributed by atoms with Gasteiger partial charge in [-0.3, -0.25) is 0 Å². The third-order valence-corrected chi connectivity index (χ3v) is 3.27. The third kappa shape index (κ3) is 2.44. The summed E-state index contributed by atoms with van der Waals surface area (Å²) in [5.74, 6) is 0.355. The number of rotatable bonds is 1. The Bertz CT molecular complexity index is 348. The number of hydrogen-bond donors (Lipinski definition) is 1. The van der Waals surface area contributed by atoms with Gasteiger partial charge in [0.1, 0.15) is 5.75 Å². The molecule has 0 unspecified atom stereocenters. The van der Waals surface area contributed by atoms with E-state index in [4.69, 9.17) is 0 Å². The van der Waals surface area contributed by atoms with Crippen LogP contribution in [0.4, 0.5) is 5.69 Å². The quantitative estimate of drug-likeness (QED) is 0.845. The Morgan fingerprint density at radius 3 is 2.47 bits per heavy atom. The zero-order valence-corrected chi connectivity index (χ0v) is 10.4. The second-order valence-electron chi connectivity index (χ2n) is 3.92. The second-order valence-corrected chi connectivity index (χ2v) is 4.84. The van der Waals surface area contributed by atoms with Crippen LogP contribution in [0, 0.1) is 0 Å². The van der Waals surface area contributed by atoms with Gasteiger partial charge in [0.2, 0.25) is 0 Å². The van der Waals surface area contributed by atoms with Crippen LogP contribution in [0.2, 0.25) is 0 Å². The summed E-state index contributed by atoms with van der Waals surface area (Å²) in [6.45, 7) is 4.06. The number of piperazine rings is 1. The van der Waals surface area contributed by atoms with Crippen LogP contribution in [0.15, 0.2) is 22.7 Å². The molecule has 2 rings (SSSR count). The second kappa shape index (κ2) is 4.41. The molecule has 0 amide bonds. The highest BCUT2D eigenvalue weighted by Crippen LogP contribution is 2.30. The van der Waals surface area contributed by atoms with E-state index >= 15 is 0 Å². The number of phenolic OH excluding ortho intramolecular Hbond substituents is 1. The maximum Gasteiger partial charge on any atom is 0.140 e. The van der Waals surface area contributed by atoms with E-state index in [9.17, 15) is 5.11 Å². The molecule has 1 N–H and O–H groups in total. The molecule has 0 radical (unpaired) electrons. The number of nitrogens with zero attached hydrogens (tertiary/aromatic N) is 2. The highest BCUT2D eigenvalue weighted by Gasteiger charge is 2.16. The fraction of sp³-hybridized carbons (Fsp3) is 0.455. The summed E-state index contributed by atoms with van der Waals surface area (Å²) in [6.07, 6.45) is 0. The Balaban J connectivity index is 2.15. The zero-order chi connectivity index (χ0) is 10.8. The van der Waals surface area contributed by atoms with Crippen molar-refractivity contribution >= 4 is 21.6 Å². The Hall–Kier alpha value is -0.740. The first kappa shape index (κ1) is 10.8. The molecule has 1 heterocycles. The van der Waals surface area contributed by atoms with Gasteiger partial charge in [0, 0.05) is 30.7 Å². The molecule has 0 spiro atoms. The first-order chi connectivity index (χ1) is 7.16. The number of likely N-dealkylation sites (N-methyl/N-ethyl adjacent to an activating group) is 1. The summed E-state index contributed by atoms with van der Waals surface area (Å²) in [6, 6.07) is 5.67. The van der Waals surface area contributed by atoms with E-state index in [1.54, 1.807) is 6.07 Å². The van der Waals surface area contributed by atoms with Gasteiger partial charge in [-0.2, -0.15) is 0 Å². The van der Waals surface area contributed by atoms with Gasteiger partial charge in [0.15, 0.2) is 0 Å². The van der Waals surface area contributed by atoms with Crippen LogP contribution in [0.3, 0.4) is 0 Å². The van der Waals surface area contributed by atoms with Gasteiger partial charge in [-0.15, -0.1) is 0 Å². The Morgan fingerprint density at radius 2 is 1.87 bits per heavy atom. The SMILES string of the molecule is CN1CCN(c2ccc(Br)cc2O)CC1. The van der Waals surface area contributed by atoms with Crippen LogP contribution >= 0.6 is 15.9 Å². The Labute approximate surface area is 98.4 Å². The molecule has 0 atom stereocenters. The molecule has 3 nitrogen and oxygen atoms in total. The predicted octanol–water partition coefficient (Wildman–Crippen LogP) is 1.91. The van der Waals surface area contributed by atoms with E-state index in [2.05, 4.69) is 32.8 Å². The molecule has 1 fully saturated rings. The third-order valence-electron chi connectivity index (χ3n) is 2.78. The minimum Gasteiger partial charge on any atom is -0.506 e. The van der Waals surface area contributed by atoms with Gasteiger partial charge in [0.05, 0.1) is 5.69 Å². The summed E-state index contributed by atoms with van der Waals surface area (Å²) in [5, 5.41) is 9.82. The summed E-state index contributed by atoms with van der Waals surface area (Å²) in [4.78, 5) is 4.52. The lowest BCUT2D eigenvalue weighted by Gasteiger charge is -2.34. The molecular formula is C11H15BrN2O. The number of anilines is 1. The lowest BCUT2D eigenvalue weighted by Crippen LogP contribution is -2.44. The van der Waals surface area contributed by atoms with Crippen molar-refractivity contribution in [3.8, 4) is 5.75 Å². The van der Waals surface area contributed by atoms with Crippen molar-refractivity contribution in [3.63, 3.8) is 0 Å². The van der Waals surface area contributed by atoms with Crippen LogP contribution in [0.1, 0.15) is 0 Å². The lowest BCUT2D eigenvalue weighted by molar-refractivity contribution is 0.311. The highest BCUT2D eigenvalue weighted by atomic mass is 79.9. The number of phenols is 1. The average molecular weight is 271 g/mol. The maximum absolute atomic E-state index is 9.82. The van der Waals surface area contributed by atoms with Crippen molar-refractivity contribution in [1.82, 2.24) is 4.90 Å². The van der Waals surface area contributed by atoms with Gasteiger partial charge >= 0.3 is 0 Å². The molecule has 1 aliphatic heterocycles. The van der Waals surface area contributed by atoms with E-state index in [0.29, 0.717) is 5.75 Å². The standard InChI is InChI=1S/C11H15BrN2O/c1-13-4-6-14(7-5-13)10-3-2-9(12)8-11(10)15/h2-3,8,15H,4-7H2,1H3. The monoisotopic (exact) mass is 270 g/mol. The number of halogens is 1. The molecule has 0 aromatic heterocycles. The minimum absolute atomic E-state index is 0.355.